The van der Waals surface area contributed by atoms with Crippen molar-refractivity contribution in [1.82, 2.24) is 15.5 Å². The number of piperidine rings is 1. The van der Waals surface area contributed by atoms with Gasteiger partial charge in [0.2, 0.25) is 5.91 Å². The molecule has 0 aromatic carbocycles. The van der Waals surface area contributed by atoms with Crippen LogP contribution in [0.5, 0.6) is 0 Å². The van der Waals surface area contributed by atoms with Crippen LogP contribution >= 0.6 is 0 Å². The van der Waals surface area contributed by atoms with E-state index in [1.807, 2.05) is 0 Å². The van der Waals surface area contributed by atoms with Crippen LogP contribution in [0.1, 0.15) is 39.0 Å². The third-order valence-electron chi connectivity index (χ3n) is 4.29. The molecule has 2 saturated heterocycles. The maximum absolute atomic E-state index is 11.8. The first-order chi connectivity index (χ1) is 9.16. The fourth-order valence-electron chi connectivity index (χ4n) is 3.02. The van der Waals surface area contributed by atoms with Gasteiger partial charge in [0.1, 0.15) is 0 Å². The maximum Gasteiger partial charge on any atom is 0.237 e. The number of hydrogen-bond acceptors (Lipinski definition) is 4. The minimum atomic E-state index is -0.370. The first kappa shape index (κ1) is 14.8. The van der Waals surface area contributed by atoms with E-state index in [1.165, 1.54) is 25.8 Å². The Labute approximate surface area is 115 Å². The Morgan fingerprint density at radius 3 is 3.00 bits per heavy atom. The SMILES string of the molecule is C[C@@H]1CCCCN1CCCNC(=O)[C@@H]1C[C@H](O)CN1. The first-order valence-electron chi connectivity index (χ1n) is 7.60. The van der Waals surface area contributed by atoms with Gasteiger partial charge in [-0.15, -0.1) is 0 Å². The Kier molecular flexibility index (Phi) is 5.60. The second-order valence-electron chi connectivity index (χ2n) is 5.88. The van der Waals surface area contributed by atoms with Gasteiger partial charge in [0, 0.05) is 25.7 Å². The standard InChI is InChI=1S/C14H27N3O2/c1-11-5-2-3-7-17(11)8-4-6-15-14(19)13-9-12(18)10-16-13/h11-13,16,18H,2-10H2,1H3,(H,15,19)/t11-,12+,13+/m1/s1. The molecule has 110 valence electrons. The van der Waals surface area contributed by atoms with Crippen LogP contribution in [0.25, 0.3) is 0 Å². The number of aliphatic hydroxyl groups excluding tert-OH is 1. The highest BCUT2D eigenvalue weighted by Gasteiger charge is 2.27. The zero-order valence-electron chi connectivity index (χ0n) is 11.9. The average molecular weight is 269 g/mol. The Morgan fingerprint density at radius 1 is 1.47 bits per heavy atom. The lowest BCUT2D eigenvalue weighted by molar-refractivity contribution is -0.122. The smallest absolute Gasteiger partial charge is 0.237 e. The summed E-state index contributed by atoms with van der Waals surface area (Å²) in [5.74, 6) is 0.0308. The van der Waals surface area contributed by atoms with Crippen LogP contribution in [0.4, 0.5) is 0 Å². The Morgan fingerprint density at radius 2 is 2.32 bits per heavy atom. The van der Waals surface area contributed by atoms with Crippen molar-refractivity contribution in [2.45, 2.75) is 57.2 Å². The van der Waals surface area contributed by atoms with E-state index in [9.17, 15) is 9.90 Å². The van der Waals surface area contributed by atoms with Gasteiger partial charge in [0.05, 0.1) is 12.1 Å². The van der Waals surface area contributed by atoms with Crippen molar-refractivity contribution in [3.05, 3.63) is 0 Å². The molecule has 3 atom stereocenters. The van der Waals surface area contributed by atoms with E-state index in [1.54, 1.807) is 0 Å². The van der Waals surface area contributed by atoms with Gasteiger partial charge in [0.25, 0.3) is 0 Å². The van der Waals surface area contributed by atoms with Crippen molar-refractivity contribution in [2.75, 3.05) is 26.2 Å². The van der Waals surface area contributed by atoms with E-state index in [-0.39, 0.29) is 18.1 Å². The van der Waals surface area contributed by atoms with E-state index in [0.717, 1.165) is 19.5 Å². The average Bonchev–Trinajstić information content (AvgIpc) is 2.83. The quantitative estimate of drug-likeness (QED) is 0.619. The number of β-amino-alcohol motifs (C(OH)–C–C–N with tert-alkyl or cyclic N) is 1. The molecule has 0 saturated carbocycles. The van der Waals surface area contributed by atoms with Crippen molar-refractivity contribution >= 4 is 5.91 Å². The molecule has 0 unspecified atom stereocenters. The summed E-state index contributed by atoms with van der Waals surface area (Å²) >= 11 is 0. The van der Waals surface area contributed by atoms with Crippen LogP contribution in [0.15, 0.2) is 0 Å². The van der Waals surface area contributed by atoms with Crippen molar-refractivity contribution in [3.8, 4) is 0 Å². The topological polar surface area (TPSA) is 64.6 Å². The molecule has 1 amide bonds. The van der Waals surface area contributed by atoms with E-state index in [0.29, 0.717) is 19.0 Å². The zero-order valence-corrected chi connectivity index (χ0v) is 11.9. The monoisotopic (exact) mass is 269 g/mol. The summed E-state index contributed by atoms with van der Waals surface area (Å²) in [6.45, 7) is 5.83. The molecule has 0 aliphatic carbocycles. The van der Waals surface area contributed by atoms with Crippen LogP contribution < -0.4 is 10.6 Å². The summed E-state index contributed by atoms with van der Waals surface area (Å²) in [7, 11) is 0. The molecule has 2 heterocycles. The van der Waals surface area contributed by atoms with Crippen molar-refractivity contribution in [1.29, 1.82) is 0 Å². The highest BCUT2D eigenvalue weighted by molar-refractivity contribution is 5.82. The third-order valence-corrected chi connectivity index (χ3v) is 4.29. The van der Waals surface area contributed by atoms with Gasteiger partial charge < -0.3 is 20.6 Å². The summed E-state index contributed by atoms with van der Waals surface area (Å²) < 4.78 is 0. The van der Waals surface area contributed by atoms with Crippen molar-refractivity contribution < 1.29 is 9.90 Å². The van der Waals surface area contributed by atoms with Crippen LogP contribution in [0, 0.1) is 0 Å². The molecule has 19 heavy (non-hydrogen) atoms. The highest BCUT2D eigenvalue weighted by atomic mass is 16.3. The lowest BCUT2D eigenvalue weighted by Gasteiger charge is -2.33. The number of nitrogens with zero attached hydrogens (tertiary/aromatic N) is 1. The summed E-state index contributed by atoms with van der Waals surface area (Å²) in [5, 5.41) is 15.4. The second-order valence-corrected chi connectivity index (χ2v) is 5.88. The summed E-state index contributed by atoms with van der Waals surface area (Å²) in [4.78, 5) is 14.3. The zero-order chi connectivity index (χ0) is 13.7. The number of hydrogen-bond donors (Lipinski definition) is 3. The fourth-order valence-corrected chi connectivity index (χ4v) is 3.02. The minimum Gasteiger partial charge on any atom is -0.392 e. The number of rotatable bonds is 5. The van der Waals surface area contributed by atoms with Crippen molar-refractivity contribution in [3.63, 3.8) is 0 Å². The molecule has 2 aliphatic heterocycles. The number of nitrogens with one attached hydrogen (secondary N) is 2. The molecule has 5 heteroatoms. The second kappa shape index (κ2) is 7.22. The molecule has 0 aromatic rings. The number of carbonyl (C=O) groups excluding carboxylic acids is 1. The number of carbonyl (C=O) groups is 1. The van der Waals surface area contributed by atoms with Gasteiger partial charge in [-0.3, -0.25) is 4.79 Å². The van der Waals surface area contributed by atoms with E-state index >= 15 is 0 Å². The van der Waals surface area contributed by atoms with Gasteiger partial charge >= 0.3 is 0 Å². The number of amides is 1. The summed E-state index contributed by atoms with van der Waals surface area (Å²) in [5.41, 5.74) is 0. The Balaban J connectivity index is 1.57. The van der Waals surface area contributed by atoms with Crippen LogP contribution in [0.2, 0.25) is 0 Å². The lowest BCUT2D eigenvalue weighted by atomic mass is 10.0. The molecule has 3 N–H and O–H groups in total. The van der Waals surface area contributed by atoms with E-state index < -0.39 is 0 Å². The Hall–Kier alpha value is -0.650. The summed E-state index contributed by atoms with van der Waals surface area (Å²) in [6.07, 6.45) is 5.13. The van der Waals surface area contributed by atoms with Gasteiger partial charge in [-0.1, -0.05) is 6.42 Å². The normalized spacial score (nSPS) is 32.4. The number of likely N-dealkylation sites (tertiary alicyclic amines) is 1. The molecule has 2 aliphatic rings. The molecular formula is C14H27N3O2. The van der Waals surface area contributed by atoms with Crippen molar-refractivity contribution in [2.24, 2.45) is 0 Å². The molecule has 0 aromatic heterocycles. The predicted molar refractivity (Wildman–Crippen MR) is 74.9 cm³/mol. The highest BCUT2D eigenvalue weighted by Crippen LogP contribution is 2.16. The fraction of sp³-hybridized carbons (Fsp3) is 0.929. The lowest BCUT2D eigenvalue weighted by Crippen LogP contribution is -2.42. The number of aliphatic hydroxyl groups is 1. The van der Waals surface area contributed by atoms with Crippen LogP contribution in [0.3, 0.4) is 0 Å². The maximum atomic E-state index is 11.8. The van der Waals surface area contributed by atoms with Gasteiger partial charge in [0.15, 0.2) is 0 Å². The predicted octanol–water partition coefficient (Wildman–Crippen LogP) is 0.0899. The molecule has 2 fully saturated rings. The largest absolute Gasteiger partial charge is 0.392 e. The van der Waals surface area contributed by atoms with Crippen LogP contribution in [-0.2, 0) is 4.79 Å². The van der Waals surface area contributed by atoms with Gasteiger partial charge in [-0.05, 0) is 39.2 Å². The van der Waals surface area contributed by atoms with E-state index in [2.05, 4.69) is 22.5 Å². The van der Waals surface area contributed by atoms with Gasteiger partial charge in [-0.25, -0.2) is 0 Å². The van der Waals surface area contributed by atoms with Crippen LogP contribution in [-0.4, -0.2) is 60.3 Å². The minimum absolute atomic E-state index is 0.0308. The Bertz CT molecular complexity index is 298. The summed E-state index contributed by atoms with van der Waals surface area (Å²) in [6, 6.07) is 0.486. The molecule has 2 rings (SSSR count). The van der Waals surface area contributed by atoms with Gasteiger partial charge in [-0.2, -0.15) is 0 Å². The molecule has 0 bridgehead atoms. The molecule has 0 spiro atoms. The van der Waals surface area contributed by atoms with E-state index in [4.69, 9.17) is 0 Å². The first-order valence-corrected chi connectivity index (χ1v) is 7.60. The molecule has 0 radical (unpaired) electrons. The molecule has 5 nitrogen and oxygen atoms in total. The molecular weight excluding hydrogens is 242 g/mol. The third kappa shape index (κ3) is 4.44.